The van der Waals surface area contributed by atoms with Crippen LogP contribution in [0.1, 0.15) is 63.8 Å². The van der Waals surface area contributed by atoms with Crippen LogP contribution in [0.5, 0.6) is 0 Å². The molecule has 0 aliphatic carbocycles. The van der Waals surface area contributed by atoms with Crippen LogP contribution in [0.4, 0.5) is 10.6 Å². The number of sulfonamides is 1. The molecule has 9 nitrogen and oxygen atoms in total. The Morgan fingerprint density at radius 2 is 2.09 bits per heavy atom. The van der Waals surface area contributed by atoms with Crippen molar-refractivity contribution in [1.82, 2.24) is 14.9 Å². The quantitative estimate of drug-likeness (QED) is 0.554. The van der Waals surface area contributed by atoms with Gasteiger partial charge in [-0.1, -0.05) is 26.8 Å². The van der Waals surface area contributed by atoms with Gasteiger partial charge in [0.15, 0.2) is 5.03 Å². The number of carboxylic acid groups (broad SMARTS) is 1. The Morgan fingerprint density at radius 1 is 1.33 bits per heavy atom. The van der Waals surface area contributed by atoms with Gasteiger partial charge in [0.2, 0.25) is 0 Å². The third-order valence-corrected chi connectivity index (χ3v) is 6.80. The van der Waals surface area contributed by atoms with E-state index in [2.05, 4.69) is 42.1 Å². The summed E-state index contributed by atoms with van der Waals surface area (Å²) >= 11 is 0. The van der Waals surface area contributed by atoms with Crippen molar-refractivity contribution < 1.29 is 18.3 Å². The Kier molecular flexibility index (Phi) is 7.58. The number of hydrogen-bond acceptors (Lipinski definition) is 6. The van der Waals surface area contributed by atoms with Crippen molar-refractivity contribution >= 4 is 21.9 Å². The van der Waals surface area contributed by atoms with Crippen LogP contribution in [-0.2, 0) is 15.4 Å². The Bertz CT molecular complexity index is 1080. The molecule has 3 rings (SSSR count). The molecule has 4 N–H and O–H groups in total. The number of carbonyl (C=O) groups is 1. The third kappa shape index (κ3) is 6.88. The number of amides is 1. The fourth-order valence-electron chi connectivity index (χ4n) is 4.11. The number of primary sulfonamides is 1. The highest BCUT2D eigenvalue weighted by Gasteiger charge is 2.25. The van der Waals surface area contributed by atoms with Gasteiger partial charge in [0.25, 0.3) is 10.0 Å². The fraction of sp³-hybridized carbons (Fsp3) is 0.522. The SMILES string of the molecule is CC(C)(C)c1ccnc(C(CC[C@H]2CCCN(C(=O)O)C2)Nc2cccc(S(N)(=O)=O)n2)c1. The summed E-state index contributed by atoms with van der Waals surface area (Å²) in [6, 6.07) is 8.48. The number of aromatic nitrogens is 2. The van der Waals surface area contributed by atoms with Crippen LogP contribution >= 0.6 is 0 Å². The van der Waals surface area contributed by atoms with Gasteiger partial charge in [-0.2, -0.15) is 0 Å². The summed E-state index contributed by atoms with van der Waals surface area (Å²) < 4.78 is 23.5. The summed E-state index contributed by atoms with van der Waals surface area (Å²) in [6.07, 6.45) is 4.23. The van der Waals surface area contributed by atoms with Crippen LogP contribution in [0.25, 0.3) is 0 Å². The summed E-state index contributed by atoms with van der Waals surface area (Å²) in [5.41, 5.74) is 1.91. The molecule has 0 bridgehead atoms. The maximum absolute atomic E-state index is 11.7. The number of piperidine rings is 1. The first-order chi connectivity index (χ1) is 15.4. The Labute approximate surface area is 195 Å². The average molecular weight is 476 g/mol. The Hall–Kier alpha value is -2.72. The van der Waals surface area contributed by atoms with E-state index >= 15 is 0 Å². The molecule has 1 aliphatic heterocycles. The Morgan fingerprint density at radius 3 is 2.76 bits per heavy atom. The summed E-state index contributed by atoms with van der Waals surface area (Å²) in [6.45, 7) is 7.50. The lowest BCUT2D eigenvalue weighted by Crippen LogP contribution is -2.39. The topological polar surface area (TPSA) is 139 Å². The van der Waals surface area contributed by atoms with Gasteiger partial charge < -0.3 is 15.3 Å². The second-order valence-corrected chi connectivity index (χ2v) is 11.1. The smallest absolute Gasteiger partial charge is 0.407 e. The van der Waals surface area contributed by atoms with E-state index in [1.165, 1.54) is 11.0 Å². The van der Waals surface area contributed by atoms with E-state index in [0.717, 1.165) is 30.5 Å². The largest absolute Gasteiger partial charge is 0.465 e. The minimum atomic E-state index is -3.92. The monoisotopic (exact) mass is 475 g/mol. The van der Waals surface area contributed by atoms with Crippen molar-refractivity contribution in [3.8, 4) is 0 Å². The van der Waals surface area contributed by atoms with E-state index in [0.29, 0.717) is 25.3 Å². The molecular weight excluding hydrogens is 442 g/mol. The molecule has 1 fully saturated rings. The molecule has 1 unspecified atom stereocenters. The summed E-state index contributed by atoms with van der Waals surface area (Å²) in [4.78, 5) is 21.6. The molecule has 1 saturated heterocycles. The summed E-state index contributed by atoms with van der Waals surface area (Å²) in [7, 11) is -3.92. The number of likely N-dealkylation sites (tertiary alicyclic amines) is 1. The van der Waals surface area contributed by atoms with Crippen LogP contribution in [-0.4, -0.2) is 47.6 Å². The van der Waals surface area contributed by atoms with E-state index in [9.17, 15) is 18.3 Å². The highest BCUT2D eigenvalue weighted by Crippen LogP contribution is 2.30. The predicted molar refractivity (Wildman–Crippen MR) is 126 cm³/mol. The molecular formula is C23H33N5O4S. The molecule has 2 atom stereocenters. The van der Waals surface area contributed by atoms with E-state index in [4.69, 9.17) is 5.14 Å². The van der Waals surface area contributed by atoms with Crippen LogP contribution in [0, 0.1) is 5.92 Å². The number of pyridine rings is 2. The molecule has 0 spiro atoms. The third-order valence-electron chi connectivity index (χ3n) is 5.99. The molecule has 2 aromatic rings. The zero-order valence-corrected chi connectivity index (χ0v) is 20.2. The second kappa shape index (κ2) is 10.0. The normalized spacial score (nSPS) is 18.1. The summed E-state index contributed by atoms with van der Waals surface area (Å²) in [5.74, 6) is 0.652. The minimum Gasteiger partial charge on any atom is -0.465 e. The first kappa shape index (κ1) is 24.9. The minimum absolute atomic E-state index is 0.0562. The van der Waals surface area contributed by atoms with E-state index < -0.39 is 16.1 Å². The van der Waals surface area contributed by atoms with Crippen molar-refractivity contribution in [2.75, 3.05) is 18.4 Å². The zero-order valence-electron chi connectivity index (χ0n) is 19.4. The van der Waals surface area contributed by atoms with Gasteiger partial charge in [-0.15, -0.1) is 0 Å². The van der Waals surface area contributed by atoms with Crippen molar-refractivity contribution in [1.29, 1.82) is 0 Å². The van der Waals surface area contributed by atoms with E-state index in [1.54, 1.807) is 18.3 Å². The van der Waals surface area contributed by atoms with Gasteiger partial charge in [-0.25, -0.2) is 23.3 Å². The van der Waals surface area contributed by atoms with Gasteiger partial charge in [-0.3, -0.25) is 4.98 Å². The van der Waals surface area contributed by atoms with Gasteiger partial charge >= 0.3 is 6.09 Å². The number of nitrogens with zero attached hydrogens (tertiary/aromatic N) is 3. The van der Waals surface area contributed by atoms with Crippen LogP contribution < -0.4 is 10.5 Å². The molecule has 0 radical (unpaired) electrons. The lowest BCUT2D eigenvalue weighted by atomic mass is 9.86. The zero-order chi connectivity index (χ0) is 24.2. The average Bonchev–Trinajstić information content (AvgIpc) is 2.76. The van der Waals surface area contributed by atoms with Gasteiger partial charge in [0.1, 0.15) is 5.82 Å². The standard InChI is InChI=1S/C23H33N5O4S/c1-23(2,3)17-11-12-25-19(14-17)18(10-9-16-6-5-13-28(15-16)22(29)30)26-20-7-4-8-21(27-20)33(24,31)32/h4,7-8,11-12,14,16,18H,5-6,9-10,13,15H2,1-3H3,(H,26,27)(H,29,30)(H2,24,31,32)/t16-,18?/m1/s1. The number of rotatable bonds is 7. The molecule has 0 aromatic carbocycles. The van der Waals surface area contributed by atoms with Gasteiger partial charge in [-0.05, 0) is 66.8 Å². The maximum Gasteiger partial charge on any atom is 0.407 e. The highest BCUT2D eigenvalue weighted by atomic mass is 32.2. The first-order valence-electron chi connectivity index (χ1n) is 11.1. The van der Waals surface area contributed by atoms with Crippen molar-refractivity contribution in [2.45, 2.75) is 62.9 Å². The molecule has 3 heterocycles. The van der Waals surface area contributed by atoms with Crippen molar-refractivity contribution in [3.05, 3.63) is 47.8 Å². The second-order valence-electron chi connectivity index (χ2n) is 9.64. The molecule has 180 valence electrons. The number of anilines is 1. The van der Waals surface area contributed by atoms with Crippen LogP contribution in [0.3, 0.4) is 0 Å². The van der Waals surface area contributed by atoms with Gasteiger partial charge in [0.05, 0.1) is 11.7 Å². The van der Waals surface area contributed by atoms with Crippen LogP contribution in [0.2, 0.25) is 0 Å². The van der Waals surface area contributed by atoms with Crippen molar-refractivity contribution in [2.24, 2.45) is 11.1 Å². The molecule has 1 aliphatic rings. The van der Waals surface area contributed by atoms with Crippen LogP contribution in [0.15, 0.2) is 41.6 Å². The number of nitrogens with one attached hydrogen (secondary N) is 1. The summed E-state index contributed by atoms with van der Waals surface area (Å²) in [5, 5.41) is 17.7. The maximum atomic E-state index is 11.7. The molecule has 1 amide bonds. The lowest BCUT2D eigenvalue weighted by Gasteiger charge is -2.31. The molecule has 33 heavy (non-hydrogen) atoms. The first-order valence-corrected chi connectivity index (χ1v) is 12.7. The number of nitrogens with two attached hydrogens (primary N) is 1. The van der Waals surface area contributed by atoms with E-state index in [1.807, 2.05) is 6.07 Å². The molecule has 10 heteroatoms. The predicted octanol–water partition coefficient (Wildman–Crippen LogP) is 3.74. The lowest BCUT2D eigenvalue weighted by molar-refractivity contribution is 0.117. The molecule has 0 saturated carbocycles. The molecule has 2 aromatic heterocycles. The van der Waals surface area contributed by atoms with Crippen molar-refractivity contribution in [3.63, 3.8) is 0 Å². The number of hydrogen-bond donors (Lipinski definition) is 3. The Balaban J connectivity index is 1.85. The highest BCUT2D eigenvalue weighted by molar-refractivity contribution is 7.89. The van der Waals surface area contributed by atoms with Gasteiger partial charge in [0, 0.05) is 19.3 Å². The van der Waals surface area contributed by atoms with E-state index in [-0.39, 0.29) is 22.4 Å². The fourth-order valence-corrected chi connectivity index (χ4v) is 4.60.